The lowest BCUT2D eigenvalue weighted by atomic mass is 10.1. The number of carbonyl (C=O) groups is 1. The number of amides is 1. The third kappa shape index (κ3) is 2.62. The van der Waals surface area contributed by atoms with Crippen molar-refractivity contribution in [3.05, 3.63) is 42.2 Å². The topological polar surface area (TPSA) is 20.3 Å². The van der Waals surface area contributed by atoms with Crippen LogP contribution in [-0.2, 0) is 11.0 Å². The fourth-order valence-corrected chi connectivity index (χ4v) is 2.02. The standard InChI is InChI=1S/C13H11F4NO/c1-2-8-5-12(19)18(7-8)11-6-9(13(15,16)17)3-4-10(11)14/h2-4,6,8H,1,5,7H2. The number of benzene rings is 1. The van der Waals surface area contributed by atoms with Gasteiger partial charge in [0.15, 0.2) is 0 Å². The minimum atomic E-state index is -4.57. The van der Waals surface area contributed by atoms with Gasteiger partial charge in [-0.05, 0) is 18.2 Å². The fraction of sp³-hybridized carbons (Fsp3) is 0.308. The van der Waals surface area contributed by atoms with Crippen LogP contribution >= 0.6 is 0 Å². The van der Waals surface area contributed by atoms with Crippen molar-refractivity contribution < 1.29 is 22.4 Å². The molecule has 1 aliphatic rings. The first kappa shape index (κ1) is 13.6. The van der Waals surface area contributed by atoms with E-state index >= 15 is 0 Å². The predicted molar refractivity (Wildman–Crippen MR) is 62.1 cm³/mol. The van der Waals surface area contributed by atoms with Gasteiger partial charge in [-0.2, -0.15) is 13.2 Å². The number of alkyl halides is 3. The Bertz CT molecular complexity index is 524. The highest BCUT2D eigenvalue weighted by Crippen LogP contribution is 2.35. The molecule has 0 spiro atoms. The summed E-state index contributed by atoms with van der Waals surface area (Å²) in [6.45, 7) is 3.69. The van der Waals surface area contributed by atoms with E-state index in [-0.39, 0.29) is 24.6 Å². The Hall–Kier alpha value is -1.85. The zero-order valence-corrected chi connectivity index (χ0v) is 9.88. The number of nitrogens with zero attached hydrogens (tertiary/aromatic N) is 1. The van der Waals surface area contributed by atoms with E-state index in [1.807, 2.05) is 0 Å². The minimum absolute atomic E-state index is 0.138. The maximum atomic E-state index is 13.6. The van der Waals surface area contributed by atoms with Crippen LogP contribution in [0.2, 0.25) is 0 Å². The lowest BCUT2D eigenvalue weighted by molar-refractivity contribution is -0.137. The average molecular weight is 273 g/mol. The molecule has 0 radical (unpaired) electrons. The molecule has 1 heterocycles. The number of carbonyl (C=O) groups excluding carboxylic acids is 1. The summed E-state index contributed by atoms with van der Waals surface area (Å²) < 4.78 is 51.4. The van der Waals surface area contributed by atoms with Gasteiger partial charge in [-0.25, -0.2) is 4.39 Å². The quantitative estimate of drug-likeness (QED) is 0.597. The highest BCUT2D eigenvalue weighted by Gasteiger charge is 2.34. The van der Waals surface area contributed by atoms with E-state index in [2.05, 4.69) is 6.58 Å². The molecule has 2 rings (SSSR count). The second kappa shape index (κ2) is 4.68. The van der Waals surface area contributed by atoms with E-state index in [1.165, 1.54) is 0 Å². The van der Waals surface area contributed by atoms with Crippen LogP contribution in [0.15, 0.2) is 30.9 Å². The molecule has 1 amide bonds. The molecule has 0 aliphatic carbocycles. The van der Waals surface area contributed by atoms with Gasteiger partial charge >= 0.3 is 6.18 Å². The summed E-state index contributed by atoms with van der Waals surface area (Å²) in [5, 5.41) is 0. The van der Waals surface area contributed by atoms with Crippen LogP contribution in [-0.4, -0.2) is 12.5 Å². The highest BCUT2D eigenvalue weighted by molar-refractivity contribution is 5.96. The summed E-state index contributed by atoms with van der Waals surface area (Å²) in [4.78, 5) is 12.7. The lowest BCUT2D eigenvalue weighted by Crippen LogP contribution is -2.26. The van der Waals surface area contributed by atoms with Crippen molar-refractivity contribution in [3.8, 4) is 0 Å². The first-order chi connectivity index (χ1) is 8.82. The van der Waals surface area contributed by atoms with E-state index in [4.69, 9.17) is 0 Å². The van der Waals surface area contributed by atoms with Crippen molar-refractivity contribution in [2.75, 3.05) is 11.4 Å². The van der Waals surface area contributed by atoms with Gasteiger partial charge in [-0.15, -0.1) is 6.58 Å². The van der Waals surface area contributed by atoms with Gasteiger partial charge in [-0.3, -0.25) is 4.79 Å². The summed E-state index contributed by atoms with van der Waals surface area (Å²) >= 11 is 0. The summed E-state index contributed by atoms with van der Waals surface area (Å²) in [5.41, 5.74) is -1.30. The molecule has 1 aromatic rings. The number of anilines is 1. The third-order valence-electron chi connectivity index (χ3n) is 3.05. The van der Waals surface area contributed by atoms with Crippen LogP contribution < -0.4 is 4.90 Å². The summed E-state index contributed by atoms with van der Waals surface area (Å²) in [5.74, 6) is -1.41. The molecule has 0 aromatic heterocycles. The minimum Gasteiger partial charge on any atom is -0.309 e. The largest absolute Gasteiger partial charge is 0.416 e. The summed E-state index contributed by atoms with van der Waals surface area (Å²) in [6.07, 6.45) is -2.88. The normalized spacial score (nSPS) is 19.9. The molecule has 1 fully saturated rings. The zero-order chi connectivity index (χ0) is 14.2. The van der Waals surface area contributed by atoms with Gasteiger partial charge < -0.3 is 4.90 Å². The van der Waals surface area contributed by atoms with Crippen molar-refractivity contribution in [3.63, 3.8) is 0 Å². The molecular formula is C13H11F4NO. The van der Waals surface area contributed by atoms with Crippen LogP contribution in [0.3, 0.4) is 0 Å². The predicted octanol–water partition coefficient (Wildman–Crippen LogP) is 3.38. The monoisotopic (exact) mass is 273 g/mol. The third-order valence-corrected chi connectivity index (χ3v) is 3.05. The molecule has 1 aliphatic heterocycles. The summed E-state index contributed by atoms with van der Waals surface area (Å²) in [7, 11) is 0. The molecule has 6 heteroatoms. The maximum Gasteiger partial charge on any atom is 0.416 e. The van der Waals surface area contributed by atoms with Gasteiger partial charge in [0.2, 0.25) is 5.91 Å². The molecule has 1 unspecified atom stereocenters. The Balaban J connectivity index is 2.39. The molecule has 0 N–H and O–H groups in total. The Morgan fingerprint density at radius 2 is 2.05 bits per heavy atom. The van der Waals surface area contributed by atoms with Gasteiger partial charge in [0.25, 0.3) is 0 Å². The maximum absolute atomic E-state index is 13.6. The Kier molecular flexibility index (Phi) is 3.34. The zero-order valence-electron chi connectivity index (χ0n) is 9.88. The van der Waals surface area contributed by atoms with Crippen LogP contribution in [0.4, 0.5) is 23.2 Å². The van der Waals surface area contributed by atoms with Gasteiger partial charge in [0, 0.05) is 18.9 Å². The van der Waals surface area contributed by atoms with Crippen molar-refractivity contribution in [2.45, 2.75) is 12.6 Å². The molecule has 0 saturated carbocycles. The number of hydrogen-bond donors (Lipinski definition) is 0. The van der Waals surface area contributed by atoms with Crippen molar-refractivity contribution in [1.29, 1.82) is 0 Å². The second-order valence-corrected chi connectivity index (χ2v) is 4.37. The van der Waals surface area contributed by atoms with Crippen LogP contribution in [0.1, 0.15) is 12.0 Å². The number of rotatable bonds is 2. The van der Waals surface area contributed by atoms with E-state index in [9.17, 15) is 22.4 Å². The van der Waals surface area contributed by atoms with E-state index in [1.54, 1.807) is 6.08 Å². The van der Waals surface area contributed by atoms with Crippen molar-refractivity contribution in [2.24, 2.45) is 5.92 Å². The SMILES string of the molecule is C=CC1CC(=O)N(c2cc(C(F)(F)F)ccc2F)C1. The number of halogens is 4. The number of hydrogen-bond acceptors (Lipinski definition) is 1. The molecule has 102 valence electrons. The van der Waals surface area contributed by atoms with Gasteiger partial charge in [0.1, 0.15) is 5.82 Å². The van der Waals surface area contributed by atoms with Crippen LogP contribution in [0.5, 0.6) is 0 Å². The molecule has 19 heavy (non-hydrogen) atoms. The fourth-order valence-electron chi connectivity index (χ4n) is 2.02. The Morgan fingerprint density at radius 1 is 1.37 bits per heavy atom. The van der Waals surface area contributed by atoms with Crippen molar-refractivity contribution in [1.82, 2.24) is 0 Å². The van der Waals surface area contributed by atoms with Gasteiger partial charge in [0.05, 0.1) is 11.3 Å². The van der Waals surface area contributed by atoms with E-state index < -0.39 is 23.5 Å². The van der Waals surface area contributed by atoms with Gasteiger partial charge in [-0.1, -0.05) is 6.08 Å². The first-order valence-electron chi connectivity index (χ1n) is 5.62. The highest BCUT2D eigenvalue weighted by atomic mass is 19.4. The second-order valence-electron chi connectivity index (χ2n) is 4.37. The molecule has 2 nitrogen and oxygen atoms in total. The van der Waals surface area contributed by atoms with Crippen LogP contribution in [0, 0.1) is 11.7 Å². The van der Waals surface area contributed by atoms with E-state index in [0.29, 0.717) is 12.1 Å². The molecular weight excluding hydrogens is 262 g/mol. The molecule has 1 saturated heterocycles. The molecule has 1 atom stereocenters. The van der Waals surface area contributed by atoms with Crippen LogP contribution in [0.25, 0.3) is 0 Å². The Labute approximate surface area is 107 Å². The lowest BCUT2D eigenvalue weighted by Gasteiger charge is -2.18. The molecule has 0 bridgehead atoms. The molecule has 1 aromatic carbocycles. The Morgan fingerprint density at radius 3 is 2.58 bits per heavy atom. The average Bonchev–Trinajstić information content (AvgIpc) is 2.69. The smallest absolute Gasteiger partial charge is 0.309 e. The van der Waals surface area contributed by atoms with Crippen molar-refractivity contribution >= 4 is 11.6 Å². The summed E-state index contributed by atoms with van der Waals surface area (Å²) in [6, 6.07) is 2.05. The van der Waals surface area contributed by atoms with E-state index in [0.717, 1.165) is 11.0 Å². The first-order valence-corrected chi connectivity index (χ1v) is 5.62.